The molecular formula is C15H24N2O3. The molecule has 112 valence electrons. The third-order valence-corrected chi connectivity index (χ3v) is 3.04. The van der Waals surface area contributed by atoms with E-state index in [1.165, 1.54) is 7.11 Å². The first-order valence-corrected chi connectivity index (χ1v) is 7.13. The lowest BCUT2D eigenvalue weighted by Crippen LogP contribution is -2.37. The van der Waals surface area contributed by atoms with Crippen LogP contribution in [-0.4, -0.2) is 37.3 Å². The van der Waals surface area contributed by atoms with E-state index in [1.54, 1.807) is 12.3 Å². The maximum atomic E-state index is 11.7. The van der Waals surface area contributed by atoms with Crippen LogP contribution >= 0.6 is 0 Å². The molecule has 1 aliphatic rings. The molecule has 0 saturated carbocycles. The molecule has 0 bridgehead atoms. The van der Waals surface area contributed by atoms with Gasteiger partial charge < -0.3 is 14.8 Å². The van der Waals surface area contributed by atoms with Gasteiger partial charge in [0.25, 0.3) is 0 Å². The molecule has 2 heterocycles. The van der Waals surface area contributed by atoms with Gasteiger partial charge in [-0.2, -0.15) is 0 Å². The van der Waals surface area contributed by atoms with E-state index in [4.69, 9.17) is 9.47 Å². The molecule has 1 saturated heterocycles. The van der Waals surface area contributed by atoms with E-state index in [1.807, 2.05) is 20.8 Å². The highest BCUT2D eigenvalue weighted by Gasteiger charge is 2.21. The summed E-state index contributed by atoms with van der Waals surface area (Å²) in [6.07, 6.45) is 3.76. The number of hydrogen-bond acceptors (Lipinski definition) is 5. The lowest BCUT2D eigenvalue weighted by atomic mass is 10.1. The summed E-state index contributed by atoms with van der Waals surface area (Å²) in [5.74, 6) is -0.0325. The van der Waals surface area contributed by atoms with E-state index in [2.05, 4.69) is 10.3 Å². The van der Waals surface area contributed by atoms with Gasteiger partial charge in [-0.3, -0.25) is 0 Å². The summed E-state index contributed by atoms with van der Waals surface area (Å²) in [7, 11) is 1.36. The lowest BCUT2D eigenvalue weighted by molar-refractivity contribution is 0.0588. The van der Waals surface area contributed by atoms with Gasteiger partial charge in [0.2, 0.25) is 5.88 Å². The Morgan fingerprint density at radius 1 is 1.45 bits per heavy atom. The predicted octanol–water partition coefficient (Wildman–Crippen LogP) is 2.33. The molecule has 1 fully saturated rings. The van der Waals surface area contributed by atoms with Crippen LogP contribution < -0.4 is 10.1 Å². The molecule has 1 aliphatic heterocycles. The van der Waals surface area contributed by atoms with E-state index in [9.17, 15) is 4.79 Å². The van der Waals surface area contributed by atoms with E-state index >= 15 is 0 Å². The summed E-state index contributed by atoms with van der Waals surface area (Å²) < 4.78 is 10.6. The number of ether oxygens (including phenoxy) is 2. The van der Waals surface area contributed by atoms with Crippen LogP contribution in [0.5, 0.6) is 5.88 Å². The molecule has 20 heavy (non-hydrogen) atoms. The Kier molecular flexibility index (Phi) is 7.01. The highest BCUT2D eigenvalue weighted by atomic mass is 16.5. The molecule has 0 aliphatic carbocycles. The number of nitrogens with one attached hydrogen (secondary N) is 1. The van der Waals surface area contributed by atoms with E-state index < -0.39 is 5.97 Å². The summed E-state index contributed by atoms with van der Waals surface area (Å²) in [6, 6.07) is 1.78. The molecule has 1 atom stereocenters. The Labute approximate surface area is 120 Å². The second-order valence-electron chi connectivity index (χ2n) is 4.39. The minimum absolute atomic E-state index is 0.0662. The van der Waals surface area contributed by atoms with Gasteiger partial charge in [-0.15, -0.1) is 0 Å². The zero-order chi connectivity index (χ0) is 15.0. The van der Waals surface area contributed by atoms with Crippen LogP contribution in [0.4, 0.5) is 0 Å². The predicted molar refractivity (Wildman–Crippen MR) is 78.2 cm³/mol. The maximum Gasteiger partial charge on any atom is 0.343 e. The SMILES string of the molecule is CC.COC(=O)c1c(C)ccnc1OC1CCCNC1. The van der Waals surface area contributed by atoms with Gasteiger partial charge in [-0.25, -0.2) is 9.78 Å². The average molecular weight is 280 g/mol. The maximum absolute atomic E-state index is 11.7. The van der Waals surface area contributed by atoms with Crippen LogP contribution in [0, 0.1) is 6.92 Å². The summed E-state index contributed by atoms with van der Waals surface area (Å²) in [5, 5.41) is 3.26. The van der Waals surface area contributed by atoms with Crippen molar-refractivity contribution < 1.29 is 14.3 Å². The lowest BCUT2D eigenvalue weighted by Gasteiger charge is -2.24. The fourth-order valence-electron chi connectivity index (χ4n) is 2.05. The van der Waals surface area contributed by atoms with E-state index in [0.717, 1.165) is 31.5 Å². The average Bonchev–Trinajstić information content (AvgIpc) is 2.50. The van der Waals surface area contributed by atoms with Crippen molar-refractivity contribution in [2.45, 2.75) is 39.7 Å². The van der Waals surface area contributed by atoms with Crippen LogP contribution in [0.1, 0.15) is 42.6 Å². The number of pyridine rings is 1. The Morgan fingerprint density at radius 3 is 2.80 bits per heavy atom. The van der Waals surface area contributed by atoms with Gasteiger partial charge in [0.1, 0.15) is 11.7 Å². The van der Waals surface area contributed by atoms with Crippen molar-refractivity contribution in [1.29, 1.82) is 0 Å². The van der Waals surface area contributed by atoms with Crippen molar-refractivity contribution in [3.05, 3.63) is 23.4 Å². The number of esters is 1. The van der Waals surface area contributed by atoms with Crippen molar-refractivity contribution in [1.82, 2.24) is 10.3 Å². The molecule has 5 nitrogen and oxygen atoms in total. The van der Waals surface area contributed by atoms with Crippen LogP contribution in [0.2, 0.25) is 0 Å². The summed E-state index contributed by atoms with van der Waals surface area (Å²) in [6.45, 7) is 7.65. The molecule has 0 amide bonds. The fourth-order valence-corrected chi connectivity index (χ4v) is 2.05. The molecule has 1 aromatic rings. The first kappa shape index (κ1) is 16.4. The summed E-state index contributed by atoms with van der Waals surface area (Å²) >= 11 is 0. The minimum atomic E-state index is -0.403. The van der Waals surface area contributed by atoms with Gasteiger partial charge in [-0.1, -0.05) is 13.8 Å². The number of rotatable bonds is 3. The Hall–Kier alpha value is -1.62. The Bertz CT molecular complexity index is 429. The Balaban J connectivity index is 0.000000956. The van der Waals surface area contributed by atoms with Crippen molar-refractivity contribution in [3.8, 4) is 5.88 Å². The smallest absolute Gasteiger partial charge is 0.343 e. The van der Waals surface area contributed by atoms with Crippen LogP contribution in [0.25, 0.3) is 0 Å². The fraction of sp³-hybridized carbons (Fsp3) is 0.600. The third-order valence-electron chi connectivity index (χ3n) is 3.04. The number of methoxy groups -OCH3 is 1. The third kappa shape index (κ3) is 4.20. The number of nitrogens with zero attached hydrogens (tertiary/aromatic N) is 1. The van der Waals surface area contributed by atoms with Crippen LogP contribution in [0.3, 0.4) is 0 Å². The molecule has 1 N–H and O–H groups in total. The number of piperidine rings is 1. The number of carbonyl (C=O) groups excluding carboxylic acids is 1. The number of aryl methyl sites for hydroxylation is 1. The standard InChI is InChI=1S/C13H18N2O3.C2H6/c1-9-5-7-15-12(11(9)13(16)17-2)18-10-4-3-6-14-8-10;1-2/h5,7,10,14H,3-4,6,8H2,1-2H3;1-2H3. The topological polar surface area (TPSA) is 60.5 Å². The second kappa shape index (κ2) is 8.53. The van der Waals surface area contributed by atoms with Crippen molar-refractivity contribution in [2.75, 3.05) is 20.2 Å². The first-order valence-electron chi connectivity index (χ1n) is 7.13. The van der Waals surface area contributed by atoms with Gasteiger partial charge in [0.05, 0.1) is 7.11 Å². The quantitative estimate of drug-likeness (QED) is 0.861. The number of carbonyl (C=O) groups is 1. The molecule has 1 unspecified atom stereocenters. The number of hydrogen-bond donors (Lipinski definition) is 1. The van der Waals surface area contributed by atoms with E-state index in [0.29, 0.717) is 11.4 Å². The molecule has 1 aromatic heterocycles. The van der Waals surface area contributed by atoms with Gasteiger partial charge >= 0.3 is 5.97 Å². The van der Waals surface area contributed by atoms with Gasteiger partial charge in [-0.05, 0) is 37.9 Å². The van der Waals surface area contributed by atoms with Crippen molar-refractivity contribution in [3.63, 3.8) is 0 Å². The molecule has 0 spiro atoms. The normalized spacial score (nSPS) is 17.7. The van der Waals surface area contributed by atoms with Crippen LogP contribution in [-0.2, 0) is 4.74 Å². The van der Waals surface area contributed by atoms with Crippen molar-refractivity contribution >= 4 is 5.97 Å². The Morgan fingerprint density at radius 2 is 2.20 bits per heavy atom. The van der Waals surface area contributed by atoms with Crippen molar-refractivity contribution in [2.24, 2.45) is 0 Å². The zero-order valence-corrected chi connectivity index (χ0v) is 12.7. The molecule has 5 heteroatoms. The largest absolute Gasteiger partial charge is 0.472 e. The zero-order valence-electron chi connectivity index (χ0n) is 12.7. The summed E-state index contributed by atoms with van der Waals surface area (Å²) in [4.78, 5) is 15.9. The van der Waals surface area contributed by atoms with E-state index in [-0.39, 0.29) is 6.10 Å². The highest BCUT2D eigenvalue weighted by molar-refractivity contribution is 5.93. The molecule has 0 aromatic carbocycles. The molecular weight excluding hydrogens is 256 g/mol. The first-order chi connectivity index (χ1) is 9.72. The van der Waals surface area contributed by atoms with Gasteiger partial charge in [0.15, 0.2) is 0 Å². The monoisotopic (exact) mass is 280 g/mol. The van der Waals surface area contributed by atoms with Crippen LogP contribution in [0.15, 0.2) is 12.3 Å². The second-order valence-corrected chi connectivity index (χ2v) is 4.39. The molecule has 0 radical (unpaired) electrons. The highest BCUT2D eigenvalue weighted by Crippen LogP contribution is 2.22. The van der Waals surface area contributed by atoms with Gasteiger partial charge in [0, 0.05) is 12.7 Å². The summed E-state index contributed by atoms with van der Waals surface area (Å²) in [5.41, 5.74) is 1.24. The number of aromatic nitrogens is 1. The minimum Gasteiger partial charge on any atom is -0.472 e. The molecule has 2 rings (SSSR count).